The van der Waals surface area contributed by atoms with E-state index < -0.39 is 0 Å². The van der Waals surface area contributed by atoms with Gasteiger partial charge < -0.3 is 0 Å². The van der Waals surface area contributed by atoms with Crippen molar-refractivity contribution >= 4 is 0 Å². The highest BCUT2D eigenvalue weighted by Gasteiger charge is 2.01. The average Bonchev–Trinajstić information content (AvgIpc) is 2.49. The van der Waals surface area contributed by atoms with Crippen LogP contribution in [0.4, 0.5) is 0 Å². The van der Waals surface area contributed by atoms with E-state index in [0.717, 1.165) is 6.42 Å². The van der Waals surface area contributed by atoms with Crippen LogP contribution in [0.2, 0.25) is 0 Å². The summed E-state index contributed by atoms with van der Waals surface area (Å²) in [6.07, 6.45) is 8.93. The Labute approximate surface area is 145 Å². The molecule has 0 aromatic heterocycles. The van der Waals surface area contributed by atoms with E-state index in [1.54, 1.807) is 0 Å². The Morgan fingerprint density at radius 3 is 1.00 bits per heavy atom. The van der Waals surface area contributed by atoms with Crippen molar-refractivity contribution in [3.63, 3.8) is 0 Å². The first-order valence-electron chi connectivity index (χ1n) is 9.80. The summed E-state index contributed by atoms with van der Waals surface area (Å²) in [5, 5.41) is 0. The molecule has 0 N–H and O–H groups in total. The van der Waals surface area contributed by atoms with E-state index in [4.69, 9.17) is 0 Å². The van der Waals surface area contributed by atoms with Gasteiger partial charge in [0.15, 0.2) is 0 Å². The predicted octanol–water partition coefficient (Wildman–Crippen LogP) is 8.89. The normalized spacial score (nSPS) is 8.00. The quantitative estimate of drug-likeness (QED) is 0.456. The third-order valence-corrected chi connectivity index (χ3v) is 1.85. The Kier molecular flexibility index (Phi) is 56.1. The molecular formula is C22H50. The van der Waals surface area contributed by atoms with Crippen LogP contribution in [-0.2, 0) is 0 Å². The zero-order chi connectivity index (χ0) is 18.9. The summed E-state index contributed by atoms with van der Waals surface area (Å²) in [7, 11) is 0. The molecule has 0 saturated carbocycles. The van der Waals surface area contributed by atoms with Crippen LogP contribution < -0.4 is 0 Å². The standard InChI is InChI=1S/C8H14.C5H12.C4H10.C3H8.C2H6/c1-5-6-7-8(2,3)4;1-3-5-4-2;1-3-4-2;1-3-2;1-2/h5H2,1-4H3;3-5H2,1-2H3;3-4H2,1-2H3;3H2,1-2H3;1-2H3. The molecule has 0 radical (unpaired) electrons. The van der Waals surface area contributed by atoms with Crippen molar-refractivity contribution < 1.29 is 0 Å². The van der Waals surface area contributed by atoms with Crippen LogP contribution >= 0.6 is 0 Å². The summed E-state index contributed by atoms with van der Waals surface area (Å²) in [5.74, 6) is 6.16. The second kappa shape index (κ2) is 37.1. The molecule has 0 fully saturated rings. The third kappa shape index (κ3) is 118. The van der Waals surface area contributed by atoms with E-state index in [-0.39, 0.29) is 5.41 Å². The summed E-state index contributed by atoms with van der Waals surface area (Å²) >= 11 is 0. The average molecular weight is 315 g/mol. The lowest BCUT2D eigenvalue weighted by molar-refractivity contribution is 0.570. The van der Waals surface area contributed by atoms with Gasteiger partial charge in [-0.2, -0.15) is 0 Å². The fraction of sp³-hybridized carbons (Fsp3) is 0.909. The summed E-state index contributed by atoms with van der Waals surface area (Å²) in [4.78, 5) is 0. The summed E-state index contributed by atoms with van der Waals surface area (Å²) < 4.78 is 0. The van der Waals surface area contributed by atoms with Gasteiger partial charge in [0.1, 0.15) is 0 Å². The van der Waals surface area contributed by atoms with Crippen molar-refractivity contribution in [1.82, 2.24) is 0 Å². The molecule has 0 heteroatoms. The lowest BCUT2D eigenvalue weighted by Gasteiger charge is -2.06. The van der Waals surface area contributed by atoms with Gasteiger partial charge in [0.2, 0.25) is 0 Å². The van der Waals surface area contributed by atoms with E-state index in [2.05, 4.69) is 81.1 Å². The van der Waals surface area contributed by atoms with Crippen LogP contribution in [0.3, 0.4) is 0 Å². The van der Waals surface area contributed by atoms with Crippen molar-refractivity contribution in [3.8, 4) is 11.8 Å². The molecular weight excluding hydrogens is 264 g/mol. The van der Waals surface area contributed by atoms with Gasteiger partial charge in [0, 0.05) is 11.8 Å². The molecule has 0 bridgehead atoms. The number of unbranched alkanes of at least 4 members (excludes halogenated alkanes) is 3. The third-order valence-electron chi connectivity index (χ3n) is 1.85. The minimum absolute atomic E-state index is 0.190. The smallest absolute Gasteiger partial charge is 0.0230 e. The molecule has 0 amide bonds. The van der Waals surface area contributed by atoms with E-state index in [9.17, 15) is 0 Å². The highest BCUT2D eigenvalue weighted by atomic mass is 14.0. The fourth-order valence-electron chi connectivity index (χ4n) is 0.707. The van der Waals surface area contributed by atoms with Crippen molar-refractivity contribution in [2.45, 2.75) is 128 Å². The molecule has 0 saturated heterocycles. The van der Waals surface area contributed by atoms with Crippen LogP contribution in [0.25, 0.3) is 0 Å². The summed E-state index contributed by atoms with van der Waals surface area (Å²) in [6, 6.07) is 0. The lowest BCUT2D eigenvalue weighted by Crippen LogP contribution is -1.98. The van der Waals surface area contributed by atoms with Gasteiger partial charge in [-0.3, -0.25) is 0 Å². The zero-order valence-corrected chi connectivity index (χ0v) is 18.4. The van der Waals surface area contributed by atoms with Gasteiger partial charge in [-0.05, 0) is 20.8 Å². The summed E-state index contributed by atoms with van der Waals surface area (Å²) in [5.41, 5.74) is 0.190. The van der Waals surface area contributed by atoms with Crippen molar-refractivity contribution in [3.05, 3.63) is 0 Å². The Hall–Kier alpha value is -0.440. The van der Waals surface area contributed by atoms with Gasteiger partial charge in [-0.25, -0.2) is 0 Å². The van der Waals surface area contributed by atoms with Crippen molar-refractivity contribution in [2.24, 2.45) is 5.41 Å². The number of rotatable bonds is 3. The van der Waals surface area contributed by atoms with Crippen LogP contribution in [-0.4, -0.2) is 0 Å². The Balaban J connectivity index is -0.0000000599. The Morgan fingerprint density at radius 2 is 0.955 bits per heavy atom. The molecule has 0 atom stereocenters. The van der Waals surface area contributed by atoms with E-state index in [1.807, 2.05) is 13.8 Å². The van der Waals surface area contributed by atoms with Crippen molar-refractivity contribution in [2.75, 3.05) is 0 Å². The van der Waals surface area contributed by atoms with E-state index in [0.29, 0.717) is 0 Å². The largest absolute Gasteiger partial charge is 0.103 e. The highest BCUT2D eigenvalue weighted by Crippen LogP contribution is 2.09. The Bertz CT molecular complexity index is 168. The number of hydrogen-bond donors (Lipinski definition) is 0. The van der Waals surface area contributed by atoms with Crippen LogP contribution in [0, 0.1) is 17.3 Å². The molecule has 22 heavy (non-hydrogen) atoms. The summed E-state index contributed by atoms with van der Waals surface area (Å²) in [6.45, 7) is 25.5. The number of hydrogen-bond acceptors (Lipinski definition) is 0. The molecule has 0 aromatic rings. The van der Waals surface area contributed by atoms with Gasteiger partial charge in [0.25, 0.3) is 0 Å². The monoisotopic (exact) mass is 314 g/mol. The SMILES string of the molecule is CC.CCC.CCC#CC(C)(C)C.CCCC.CCCCC. The topological polar surface area (TPSA) is 0 Å². The van der Waals surface area contributed by atoms with Gasteiger partial charge in [0.05, 0.1) is 0 Å². The first kappa shape index (κ1) is 33.2. The second-order valence-corrected chi connectivity index (χ2v) is 5.97. The maximum Gasteiger partial charge on any atom is 0.0230 e. The maximum absolute atomic E-state index is 3.12. The Morgan fingerprint density at radius 1 is 0.636 bits per heavy atom. The first-order valence-corrected chi connectivity index (χ1v) is 9.80. The zero-order valence-electron chi connectivity index (χ0n) is 18.4. The molecule has 138 valence electrons. The van der Waals surface area contributed by atoms with E-state index in [1.165, 1.54) is 38.5 Å². The molecule has 0 aliphatic carbocycles. The predicted molar refractivity (Wildman–Crippen MR) is 111 cm³/mol. The molecule has 0 spiro atoms. The molecule has 0 rings (SSSR count). The van der Waals surface area contributed by atoms with Crippen LogP contribution in [0.1, 0.15) is 128 Å². The second-order valence-electron chi connectivity index (χ2n) is 5.97. The fourth-order valence-corrected chi connectivity index (χ4v) is 0.707. The maximum atomic E-state index is 3.12. The van der Waals surface area contributed by atoms with Crippen molar-refractivity contribution in [1.29, 1.82) is 0 Å². The molecule has 0 aliphatic heterocycles. The molecule has 0 aromatic carbocycles. The first-order chi connectivity index (χ1) is 10.3. The minimum atomic E-state index is 0.190. The minimum Gasteiger partial charge on any atom is -0.103 e. The molecule has 0 nitrogen and oxygen atoms in total. The van der Waals surface area contributed by atoms with Gasteiger partial charge in [-0.1, -0.05) is 107 Å². The van der Waals surface area contributed by atoms with E-state index >= 15 is 0 Å². The molecule has 0 heterocycles. The highest BCUT2D eigenvalue weighted by molar-refractivity contribution is 5.06. The molecule has 0 aliphatic rings. The molecule has 0 unspecified atom stereocenters. The van der Waals surface area contributed by atoms with Crippen LogP contribution in [0.5, 0.6) is 0 Å². The van der Waals surface area contributed by atoms with Gasteiger partial charge in [-0.15, -0.1) is 5.92 Å². The van der Waals surface area contributed by atoms with Gasteiger partial charge >= 0.3 is 0 Å². The van der Waals surface area contributed by atoms with Crippen LogP contribution in [0.15, 0.2) is 0 Å². The lowest BCUT2D eigenvalue weighted by atomic mass is 9.98.